The zero-order chi connectivity index (χ0) is 8.85. The molecule has 0 rings (SSSR count). The van der Waals surface area contributed by atoms with Gasteiger partial charge < -0.3 is 5.11 Å². The third-order valence-corrected chi connectivity index (χ3v) is 1.80. The Morgan fingerprint density at radius 3 is 2.36 bits per heavy atom. The molecule has 0 aliphatic carbocycles. The number of Topliss-reactive ketones (excluding diaryl/α,β-unsaturated/α-hetero) is 1. The fraction of sp³-hybridized carbons (Fsp3) is 0.750. The van der Waals surface area contributed by atoms with Gasteiger partial charge in [-0.05, 0) is 12.3 Å². The summed E-state index contributed by atoms with van der Waals surface area (Å²) in [7, 11) is 0. The van der Waals surface area contributed by atoms with Crippen molar-refractivity contribution >= 4 is 11.8 Å². The summed E-state index contributed by atoms with van der Waals surface area (Å²) in [4.78, 5) is 20.6. The van der Waals surface area contributed by atoms with Crippen molar-refractivity contribution in [2.24, 2.45) is 5.92 Å². The molecule has 1 atom stereocenters. The zero-order valence-electron chi connectivity index (χ0n) is 6.96. The molecule has 1 N–H and O–H groups in total. The van der Waals surface area contributed by atoms with Crippen LogP contribution in [0.5, 0.6) is 0 Å². The van der Waals surface area contributed by atoms with Gasteiger partial charge in [-0.3, -0.25) is 4.79 Å². The Hall–Kier alpha value is -0.860. The fourth-order valence-corrected chi connectivity index (χ4v) is 0.689. The van der Waals surface area contributed by atoms with E-state index in [-0.39, 0.29) is 6.42 Å². The number of aliphatic carboxylic acids is 1. The highest BCUT2D eigenvalue weighted by molar-refractivity contribution is 6.32. The van der Waals surface area contributed by atoms with Gasteiger partial charge in [-0.1, -0.05) is 20.3 Å². The molecule has 3 heteroatoms. The standard InChI is InChI=1S/C8H14O3/c1-3-6(2)4-5-7(9)8(10)11/h6H,3-5H2,1-2H3,(H,10,11). The molecule has 0 fully saturated rings. The van der Waals surface area contributed by atoms with Gasteiger partial charge in [0.05, 0.1) is 0 Å². The maximum absolute atomic E-state index is 10.6. The van der Waals surface area contributed by atoms with Crippen molar-refractivity contribution in [2.45, 2.75) is 33.1 Å². The summed E-state index contributed by atoms with van der Waals surface area (Å²) in [6.45, 7) is 4.03. The highest BCUT2D eigenvalue weighted by Crippen LogP contribution is 2.09. The van der Waals surface area contributed by atoms with Crippen molar-refractivity contribution in [1.29, 1.82) is 0 Å². The highest BCUT2D eigenvalue weighted by Gasteiger charge is 2.11. The molecule has 0 saturated carbocycles. The smallest absolute Gasteiger partial charge is 0.372 e. The van der Waals surface area contributed by atoms with Crippen molar-refractivity contribution < 1.29 is 14.7 Å². The van der Waals surface area contributed by atoms with Crippen LogP contribution in [-0.2, 0) is 9.59 Å². The third-order valence-electron chi connectivity index (χ3n) is 1.80. The molecule has 11 heavy (non-hydrogen) atoms. The molecular formula is C8H14O3. The first-order valence-electron chi connectivity index (χ1n) is 3.84. The maximum atomic E-state index is 10.6. The fourth-order valence-electron chi connectivity index (χ4n) is 0.689. The lowest BCUT2D eigenvalue weighted by Crippen LogP contribution is -2.13. The molecule has 0 aromatic rings. The van der Waals surface area contributed by atoms with Gasteiger partial charge in [0.2, 0.25) is 5.78 Å². The summed E-state index contributed by atoms with van der Waals surface area (Å²) in [6.07, 6.45) is 1.85. The highest BCUT2D eigenvalue weighted by atomic mass is 16.4. The van der Waals surface area contributed by atoms with E-state index in [1.807, 2.05) is 13.8 Å². The predicted octanol–water partition coefficient (Wildman–Crippen LogP) is 1.47. The summed E-state index contributed by atoms with van der Waals surface area (Å²) in [6, 6.07) is 0. The number of carboxylic acid groups (broad SMARTS) is 1. The summed E-state index contributed by atoms with van der Waals surface area (Å²) < 4.78 is 0. The lowest BCUT2D eigenvalue weighted by Gasteiger charge is -2.04. The van der Waals surface area contributed by atoms with Crippen molar-refractivity contribution in [2.75, 3.05) is 0 Å². The number of carbonyl (C=O) groups is 2. The first-order chi connectivity index (χ1) is 5.07. The second-order valence-electron chi connectivity index (χ2n) is 2.78. The summed E-state index contributed by atoms with van der Waals surface area (Å²) in [5, 5.41) is 8.22. The Morgan fingerprint density at radius 1 is 1.45 bits per heavy atom. The van der Waals surface area contributed by atoms with Crippen LogP contribution < -0.4 is 0 Å². The van der Waals surface area contributed by atoms with Gasteiger partial charge in [-0.25, -0.2) is 4.79 Å². The van der Waals surface area contributed by atoms with Gasteiger partial charge in [0, 0.05) is 6.42 Å². The molecule has 0 aliphatic heterocycles. The maximum Gasteiger partial charge on any atom is 0.372 e. The van der Waals surface area contributed by atoms with E-state index in [0.717, 1.165) is 6.42 Å². The van der Waals surface area contributed by atoms with Crippen LogP contribution in [0.25, 0.3) is 0 Å². The van der Waals surface area contributed by atoms with E-state index in [4.69, 9.17) is 5.11 Å². The van der Waals surface area contributed by atoms with Gasteiger partial charge in [0.25, 0.3) is 0 Å². The SMILES string of the molecule is CCC(C)CCC(=O)C(=O)O. The average molecular weight is 158 g/mol. The van der Waals surface area contributed by atoms with Crippen LogP contribution >= 0.6 is 0 Å². The van der Waals surface area contributed by atoms with Gasteiger partial charge in [-0.15, -0.1) is 0 Å². The molecule has 0 aromatic heterocycles. The number of carbonyl (C=O) groups excluding carboxylic acids is 1. The lowest BCUT2D eigenvalue weighted by molar-refractivity contribution is -0.149. The topological polar surface area (TPSA) is 54.4 Å². The van der Waals surface area contributed by atoms with E-state index in [2.05, 4.69) is 0 Å². The lowest BCUT2D eigenvalue weighted by atomic mass is 10.0. The molecule has 1 unspecified atom stereocenters. The molecule has 64 valence electrons. The quantitative estimate of drug-likeness (QED) is 0.616. The second-order valence-corrected chi connectivity index (χ2v) is 2.78. The molecule has 0 saturated heterocycles. The molecule has 0 heterocycles. The van der Waals surface area contributed by atoms with Crippen LogP contribution in [0.3, 0.4) is 0 Å². The zero-order valence-corrected chi connectivity index (χ0v) is 6.96. The van der Waals surface area contributed by atoms with Gasteiger partial charge in [-0.2, -0.15) is 0 Å². The molecule has 0 aromatic carbocycles. The minimum absolute atomic E-state index is 0.171. The number of ketones is 1. The Morgan fingerprint density at radius 2 is 2.00 bits per heavy atom. The van der Waals surface area contributed by atoms with Crippen LogP contribution in [0, 0.1) is 5.92 Å². The molecule has 0 amide bonds. The van der Waals surface area contributed by atoms with E-state index >= 15 is 0 Å². The normalized spacial score (nSPS) is 12.5. The van der Waals surface area contributed by atoms with Crippen LogP contribution in [0.4, 0.5) is 0 Å². The van der Waals surface area contributed by atoms with E-state index in [9.17, 15) is 9.59 Å². The minimum atomic E-state index is -1.31. The van der Waals surface area contributed by atoms with Gasteiger partial charge in [0.1, 0.15) is 0 Å². The second kappa shape index (κ2) is 4.88. The summed E-state index contributed by atoms with van der Waals surface area (Å²) in [5.41, 5.74) is 0. The first kappa shape index (κ1) is 10.1. The molecule has 0 bridgehead atoms. The molecular weight excluding hydrogens is 144 g/mol. The van der Waals surface area contributed by atoms with Crippen molar-refractivity contribution in [3.63, 3.8) is 0 Å². The molecule has 3 nitrogen and oxygen atoms in total. The number of hydrogen-bond donors (Lipinski definition) is 1. The van der Waals surface area contributed by atoms with Crippen LogP contribution in [-0.4, -0.2) is 16.9 Å². The van der Waals surface area contributed by atoms with Crippen molar-refractivity contribution in [3.05, 3.63) is 0 Å². The number of carboxylic acids is 1. The summed E-state index contributed by atoms with van der Waals surface area (Å²) in [5.74, 6) is -1.54. The number of hydrogen-bond acceptors (Lipinski definition) is 2. The van der Waals surface area contributed by atoms with E-state index in [0.29, 0.717) is 12.3 Å². The Balaban J connectivity index is 3.54. The van der Waals surface area contributed by atoms with Crippen molar-refractivity contribution in [3.8, 4) is 0 Å². The summed E-state index contributed by atoms with van der Waals surface area (Å²) >= 11 is 0. The van der Waals surface area contributed by atoms with Gasteiger partial charge >= 0.3 is 5.97 Å². The van der Waals surface area contributed by atoms with Crippen LogP contribution in [0.15, 0.2) is 0 Å². The predicted molar refractivity (Wildman–Crippen MR) is 41.3 cm³/mol. The molecule has 0 radical (unpaired) electrons. The Labute approximate surface area is 66.4 Å². The average Bonchev–Trinajstić information content (AvgIpc) is 1.99. The van der Waals surface area contributed by atoms with Gasteiger partial charge in [0.15, 0.2) is 0 Å². The van der Waals surface area contributed by atoms with E-state index < -0.39 is 11.8 Å². The largest absolute Gasteiger partial charge is 0.476 e. The van der Waals surface area contributed by atoms with E-state index in [1.165, 1.54) is 0 Å². The third kappa shape index (κ3) is 4.53. The van der Waals surface area contributed by atoms with Crippen LogP contribution in [0.1, 0.15) is 33.1 Å². The Bertz CT molecular complexity index is 151. The van der Waals surface area contributed by atoms with Crippen molar-refractivity contribution in [1.82, 2.24) is 0 Å². The monoisotopic (exact) mass is 158 g/mol. The van der Waals surface area contributed by atoms with Crippen LogP contribution in [0.2, 0.25) is 0 Å². The minimum Gasteiger partial charge on any atom is -0.476 e. The molecule has 0 spiro atoms. The number of rotatable bonds is 5. The van der Waals surface area contributed by atoms with E-state index in [1.54, 1.807) is 0 Å². The molecule has 0 aliphatic rings. The Kier molecular flexibility index (Phi) is 4.50. The first-order valence-corrected chi connectivity index (χ1v) is 3.84.